The Balaban J connectivity index is 1.24. The zero-order chi connectivity index (χ0) is 28.4. The number of anilines is 3. The lowest BCUT2D eigenvalue weighted by molar-refractivity contribution is -0.127. The molecule has 1 saturated carbocycles. The van der Waals surface area contributed by atoms with Crippen LogP contribution in [-0.4, -0.2) is 59.7 Å². The van der Waals surface area contributed by atoms with Crippen LogP contribution in [-0.2, 0) is 9.53 Å². The number of amides is 2. The smallest absolute Gasteiger partial charge is 0.265 e. The molecule has 4 aliphatic rings. The number of nitrogens with one attached hydrogen (secondary N) is 2. The van der Waals surface area contributed by atoms with Gasteiger partial charge in [-0.3, -0.25) is 19.2 Å². The van der Waals surface area contributed by atoms with Gasteiger partial charge in [-0.2, -0.15) is 0 Å². The van der Waals surface area contributed by atoms with Crippen molar-refractivity contribution < 1.29 is 14.3 Å². The molecule has 10 heteroatoms. The van der Waals surface area contributed by atoms with Gasteiger partial charge in [-0.05, 0) is 75.6 Å². The molecular formula is C31H42N6O3S. The summed E-state index contributed by atoms with van der Waals surface area (Å²) in [5.74, 6) is 3.02. The van der Waals surface area contributed by atoms with Crippen LogP contribution in [0.25, 0.3) is 0 Å². The molecule has 0 radical (unpaired) electrons. The van der Waals surface area contributed by atoms with Crippen molar-refractivity contribution in [3.8, 4) is 0 Å². The Hall–Kier alpha value is -2.85. The molecule has 1 unspecified atom stereocenters. The van der Waals surface area contributed by atoms with Gasteiger partial charge in [0.15, 0.2) is 0 Å². The molecule has 2 aromatic rings. The van der Waals surface area contributed by atoms with E-state index in [0.717, 1.165) is 50.5 Å². The van der Waals surface area contributed by atoms with E-state index in [1.807, 2.05) is 24.3 Å². The molecule has 41 heavy (non-hydrogen) atoms. The predicted molar refractivity (Wildman–Crippen MR) is 162 cm³/mol. The topological polar surface area (TPSA) is 99.7 Å². The maximum Gasteiger partial charge on any atom is 0.265 e. The molecular weight excluding hydrogens is 536 g/mol. The van der Waals surface area contributed by atoms with E-state index >= 15 is 0 Å². The van der Waals surface area contributed by atoms with E-state index in [9.17, 15) is 9.59 Å². The Morgan fingerprint density at radius 3 is 2.76 bits per heavy atom. The van der Waals surface area contributed by atoms with Crippen molar-refractivity contribution in [1.82, 2.24) is 14.7 Å². The first-order valence-electron chi connectivity index (χ1n) is 15.3. The maximum absolute atomic E-state index is 13.6. The summed E-state index contributed by atoms with van der Waals surface area (Å²) in [6, 6.07) is 9.41. The van der Waals surface area contributed by atoms with Crippen LogP contribution < -0.4 is 19.8 Å². The Morgan fingerprint density at radius 2 is 1.90 bits per heavy atom. The Morgan fingerprint density at radius 1 is 1.05 bits per heavy atom. The van der Waals surface area contributed by atoms with Gasteiger partial charge in [0.2, 0.25) is 0 Å². The van der Waals surface area contributed by atoms with E-state index in [-0.39, 0.29) is 17.4 Å². The number of hydrogen-bond acceptors (Lipinski definition) is 8. The van der Waals surface area contributed by atoms with Crippen LogP contribution in [0.15, 0.2) is 35.4 Å². The molecule has 9 nitrogen and oxygen atoms in total. The van der Waals surface area contributed by atoms with Gasteiger partial charge >= 0.3 is 0 Å². The van der Waals surface area contributed by atoms with Gasteiger partial charge in [-0.15, -0.1) is 0 Å². The summed E-state index contributed by atoms with van der Waals surface area (Å²) in [7, 11) is 0. The number of ether oxygens (including phenoxy) is 1. The Labute approximate surface area is 247 Å². The molecule has 2 N–H and O–H groups in total. The average Bonchev–Trinajstić information content (AvgIpc) is 3.68. The quantitative estimate of drug-likeness (QED) is 0.454. The lowest BCUT2D eigenvalue weighted by Gasteiger charge is -2.34. The fourth-order valence-electron chi connectivity index (χ4n) is 6.97. The van der Waals surface area contributed by atoms with Crippen LogP contribution in [0.5, 0.6) is 0 Å². The second-order valence-corrected chi connectivity index (χ2v) is 13.4. The van der Waals surface area contributed by atoms with Gasteiger partial charge in [0.25, 0.3) is 11.8 Å². The third-order valence-corrected chi connectivity index (χ3v) is 9.86. The summed E-state index contributed by atoms with van der Waals surface area (Å²) >= 11 is 1.20. The molecule has 6 rings (SSSR count). The number of rotatable bonds is 5. The summed E-state index contributed by atoms with van der Waals surface area (Å²) in [4.78, 5) is 40.6. The number of hydrogen-bond donors (Lipinski definition) is 2. The zero-order valence-corrected chi connectivity index (χ0v) is 25.0. The van der Waals surface area contributed by atoms with E-state index in [1.54, 1.807) is 11.0 Å². The largest absolute Gasteiger partial charge is 0.370 e. The maximum atomic E-state index is 13.6. The summed E-state index contributed by atoms with van der Waals surface area (Å²) < 4.78 is 9.05. The van der Waals surface area contributed by atoms with E-state index in [4.69, 9.17) is 9.72 Å². The molecule has 0 spiro atoms. The van der Waals surface area contributed by atoms with Gasteiger partial charge in [0.05, 0.1) is 5.56 Å². The second-order valence-electron chi connectivity index (χ2n) is 12.6. The van der Waals surface area contributed by atoms with Crippen LogP contribution >= 0.6 is 11.9 Å². The molecule has 2 aromatic heterocycles. The predicted octanol–water partition coefficient (Wildman–Crippen LogP) is 5.43. The summed E-state index contributed by atoms with van der Waals surface area (Å²) in [5.41, 5.74) is 0.338. The van der Waals surface area contributed by atoms with Crippen LogP contribution in [0.2, 0.25) is 0 Å². The monoisotopic (exact) mass is 578 g/mol. The van der Waals surface area contributed by atoms with Gasteiger partial charge < -0.3 is 15.0 Å². The van der Waals surface area contributed by atoms with Crippen LogP contribution in [0, 0.1) is 11.8 Å². The highest BCUT2D eigenvalue weighted by molar-refractivity contribution is 7.97. The minimum atomic E-state index is -0.417. The van der Waals surface area contributed by atoms with Gasteiger partial charge in [0.1, 0.15) is 28.6 Å². The number of aromatic nitrogens is 2. The number of pyridine rings is 2. The Bertz CT molecular complexity index is 1270. The molecule has 2 atom stereocenters. The first-order chi connectivity index (χ1) is 19.9. The highest BCUT2D eigenvalue weighted by Crippen LogP contribution is 2.40. The standard InChI is InChI=1S/C31H42N6O3S/c1-31(2)19-22-9-6-16-32-25-10-5-11-27(33-25)41-35-29(38)23-12-13-26(34-28(23)37(31)20-22)36-17-14-24(30(36)39)40-18-15-21-7-3-4-8-21/h5,10-13,21-22,24H,3-4,6-9,14-20H2,1-2H3,(H,32,33)(H,35,38)/t22-,24?/m0/s1. The third-order valence-electron chi connectivity index (χ3n) is 9.14. The molecule has 0 aromatic carbocycles. The summed E-state index contributed by atoms with van der Waals surface area (Å²) in [5, 5.41) is 4.14. The van der Waals surface area contributed by atoms with Crippen molar-refractivity contribution in [3.63, 3.8) is 0 Å². The third kappa shape index (κ3) is 6.33. The molecule has 1 aliphatic carbocycles. The van der Waals surface area contributed by atoms with Gasteiger partial charge in [-0.1, -0.05) is 31.7 Å². The molecule has 4 bridgehead atoms. The van der Waals surface area contributed by atoms with Crippen LogP contribution in [0.1, 0.15) is 82.0 Å². The lowest BCUT2D eigenvalue weighted by Crippen LogP contribution is -2.40. The second kappa shape index (κ2) is 12.2. The van der Waals surface area contributed by atoms with Crippen molar-refractivity contribution >= 4 is 41.2 Å². The van der Waals surface area contributed by atoms with E-state index in [2.05, 4.69) is 33.8 Å². The van der Waals surface area contributed by atoms with Crippen molar-refractivity contribution in [2.24, 2.45) is 11.8 Å². The van der Waals surface area contributed by atoms with Crippen molar-refractivity contribution in [2.45, 2.75) is 88.3 Å². The molecule has 3 fully saturated rings. The minimum Gasteiger partial charge on any atom is -0.370 e. The lowest BCUT2D eigenvalue weighted by atomic mass is 9.93. The SMILES string of the molecule is CC1(C)C[C@@H]2CCCNc3cccc(n3)SNC(=O)c3ccc(N4CCC(OCCC5CCCC5)C4=O)nc3N1C2. The fourth-order valence-corrected chi connectivity index (χ4v) is 7.57. The van der Waals surface area contributed by atoms with Gasteiger partial charge in [-0.25, -0.2) is 9.97 Å². The van der Waals surface area contributed by atoms with E-state index in [0.29, 0.717) is 47.7 Å². The van der Waals surface area contributed by atoms with Gasteiger partial charge in [0, 0.05) is 50.1 Å². The first-order valence-corrected chi connectivity index (χ1v) is 16.1. The Kier molecular flexibility index (Phi) is 8.40. The molecule has 2 amide bonds. The molecule has 2 saturated heterocycles. The van der Waals surface area contributed by atoms with Crippen molar-refractivity contribution in [3.05, 3.63) is 35.9 Å². The summed E-state index contributed by atoms with van der Waals surface area (Å²) in [6.45, 7) is 7.34. The number of fused-ring (bicyclic) bond motifs is 6. The van der Waals surface area contributed by atoms with Crippen molar-refractivity contribution in [1.29, 1.82) is 0 Å². The molecule has 220 valence electrons. The van der Waals surface area contributed by atoms with E-state index in [1.165, 1.54) is 37.6 Å². The fraction of sp³-hybridized carbons (Fsp3) is 0.613. The van der Waals surface area contributed by atoms with Crippen molar-refractivity contribution in [2.75, 3.05) is 41.4 Å². The van der Waals surface area contributed by atoms with E-state index < -0.39 is 6.10 Å². The first kappa shape index (κ1) is 28.3. The number of carbonyl (C=O) groups excluding carboxylic acids is 2. The number of carbonyl (C=O) groups is 2. The number of nitrogens with zero attached hydrogens (tertiary/aromatic N) is 4. The highest BCUT2D eigenvalue weighted by Gasteiger charge is 2.41. The molecule has 3 aliphatic heterocycles. The zero-order valence-electron chi connectivity index (χ0n) is 24.2. The summed E-state index contributed by atoms with van der Waals surface area (Å²) in [6.07, 6.45) is 9.62. The average molecular weight is 579 g/mol. The highest BCUT2D eigenvalue weighted by atomic mass is 32.2. The minimum absolute atomic E-state index is 0.0296. The molecule has 5 heterocycles. The normalized spacial score (nSPS) is 24.9. The van der Waals surface area contributed by atoms with Crippen LogP contribution in [0.3, 0.4) is 0 Å². The van der Waals surface area contributed by atoms with Crippen LogP contribution in [0.4, 0.5) is 17.5 Å².